The van der Waals surface area contributed by atoms with Gasteiger partial charge in [-0.2, -0.15) is 0 Å². The number of hydrogen-bond acceptors (Lipinski definition) is 1. The van der Waals surface area contributed by atoms with Crippen molar-refractivity contribution in [3.8, 4) is 0 Å². The van der Waals surface area contributed by atoms with Gasteiger partial charge >= 0.3 is 0 Å². The second-order valence-electron chi connectivity index (χ2n) is 3.86. The summed E-state index contributed by atoms with van der Waals surface area (Å²) in [6.07, 6.45) is 1.21. The van der Waals surface area contributed by atoms with Crippen LogP contribution in [0.25, 0.3) is 0 Å². The molecule has 1 fully saturated rings. The number of hydrogen-bond donors (Lipinski definition) is 1. The topological polar surface area (TPSA) is 40.1 Å². The first-order chi connectivity index (χ1) is 4.54. The molecule has 0 aromatic heterocycles. The largest absolute Gasteiger partial charge is 0.390 e. The fraction of sp³-hybridized carbons (Fsp3) is 1.00. The van der Waals surface area contributed by atoms with Crippen LogP contribution in [0.3, 0.4) is 0 Å². The maximum absolute atomic E-state index is 11.0. The van der Waals surface area contributed by atoms with Crippen molar-refractivity contribution in [1.82, 2.24) is 0 Å². The van der Waals surface area contributed by atoms with Crippen molar-refractivity contribution in [3.05, 3.63) is 0 Å². The van der Waals surface area contributed by atoms with Crippen LogP contribution in [-0.4, -0.2) is 17.3 Å². The van der Waals surface area contributed by atoms with E-state index < -0.39 is 12.2 Å². The normalized spacial score (nSPS) is 39.6. The Labute approximate surface area is 61.9 Å². The van der Waals surface area contributed by atoms with Gasteiger partial charge < -0.3 is 5.11 Å². The highest BCUT2D eigenvalue weighted by Gasteiger charge is 2.37. The molecule has 1 radical (unpaired) electrons. The van der Waals surface area contributed by atoms with E-state index in [1.807, 2.05) is 13.8 Å². The molecule has 0 saturated heterocycles. The molecular weight excluding hydrogens is 128 g/mol. The van der Waals surface area contributed by atoms with Gasteiger partial charge in [0.25, 0.3) is 0 Å². The SMILES string of the molecule is CC1(C)CCCC([O])C1O. The average Bonchev–Trinajstić information content (AvgIpc) is 1.83. The average molecular weight is 143 g/mol. The second-order valence-corrected chi connectivity index (χ2v) is 3.86. The van der Waals surface area contributed by atoms with Crippen LogP contribution < -0.4 is 0 Å². The van der Waals surface area contributed by atoms with E-state index in [9.17, 15) is 10.2 Å². The van der Waals surface area contributed by atoms with Gasteiger partial charge in [-0.15, -0.1) is 0 Å². The Hall–Kier alpha value is -0.0800. The molecule has 1 aliphatic carbocycles. The molecule has 2 heteroatoms. The molecular formula is C8H15O2. The lowest BCUT2D eigenvalue weighted by molar-refractivity contribution is -0.108. The predicted molar refractivity (Wildman–Crippen MR) is 38.1 cm³/mol. The first-order valence-corrected chi connectivity index (χ1v) is 3.88. The summed E-state index contributed by atoms with van der Waals surface area (Å²) < 4.78 is 0. The molecule has 2 unspecified atom stereocenters. The van der Waals surface area contributed by atoms with Crippen LogP contribution in [-0.2, 0) is 5.11 Å². The zero-order valence-electron chi connectivity index (χ0n) is 6.63. The van der Waals surface area contributed by atoms with Crippen molar-refractivity contribution in [2.24, 2.45) is 5.41 Å². The van der Waals surface area contributed by atoms with E-state index in [0.29, 0.717) is 6.42 Å². The van der Waals surface area contributed by atoms with E-state index in [4.69, 9.17) is 0 Å². The predicted octanol–water partition coefficient (Wildman–Crippen LogP) is 1.36. The number of aliphatic hydroxyl groups excluding tert-OH is 1. The summed E-state index contributed by atoms with van der Waals surface area (Å²) in [6.45, 7) is 3.92. The first-order valence-electron chi connectivity index (χ1n) is 3.88. The van der Waals surface area contributed by atoms with Gasteiger partial charge in [0, 0.05) is 0 Å². The molecule has 1 N–H and O–H groups in total. The molecule has 0 aliphatic heterocycles. The van der Waals surface area contributed by atoms with Gasteiger partial charge in [0.15, 0.2) is 0 Å². The van der Waals surface area contributed by atoms with E-state index in [2.05, 4.69) is 0 Å². The van der Waals surface area contributed by atoms with Gasteiger partial charge in [-0.25, -0.2) is 5.11 Å². The molecule has 1 rings (SSSR count). The van der Waals surface area contributed by atoms with Gasteiger partial charge in [-0.05, 0) is 18.3 Å². The van der Waals surface area contributed by atoms with Gasteiger partial charge in [0.2, 0.25) is 0 Å². The Morgan fingerprint density at radius 2 is 2.10 bits per heavy atom. The quantitative estimate of drug-likeness (QED) is 0.546. The van der Waals surface area contributed by atoms with Gasteiger partial charge in [0.05, 0.1) is 6.10 Å². The summed E-state index contributed by atoms with van der Waals surface area (Å²) in [6, 6.07) is 0. The van der Waals surface area contributed by atoms with E-state index in [0.717, 1.165) is 12.8 Å². The van der Waals surface area contributed by atoms with E-state index in [-0.39, 0.29) is 5.41 Å². The van der Waals surface area contributed by atoms with Crippen LogP contribution in [0.5, 0.6) is 0 Å². The highest BCUT2D eigenvalue weighted by Crippen LogP contribution is 2.35. The molecule has 0 bridgehead atoms. The fourth-order valence-corrected chi connectivity index (χ4v) is 1.57. The van der Waals surface area contributed by atoms with Crippen molar-refractivity contribution in [2.75, 3.05) is 0 Å². The summed E-state index contributed by atoms with van der Waals surface area (Å²) in [7, 11) is 0. The first kappa shape index (κ1) is 8.02. The zero-order chi connectivity index (χ0) is 7.78. The summed E-state index contributed by atoms with van der Waals surface area (Å²) in [5.74, 6) is 0. The third-order valence-corrected chi connectivity index (χ3v) is 2.46. The molecule has 2 nitrogen and oxygen atoms in total. The Bertz CT molecular complexity index is 120. The smallest absolute Gasteiger partial charge is 0.119 e. The minimum atomic E-state index is -0.747. The molecule has 0 aromatic carbocycles. The van der Waals surface area contributed by atoms with Crippen LogP contribution >= 0.6 is 0 Å². The van der Waals surface area contributed by atoms with Crippen molar-refractivity contribution >= 4 is 0 Å². The second kappa shape index (κ2) is 2.51. The monoisotopic (exact) mass is 143 g/mol. The van der Waals surface area contributed by atoms with Crippen LogP contribution in [0, 0.1) is 5.41 Å². The van der Waals surface area contributed by atoms with Crippen LogP contribution in [0.4, 0.5) is 0 Å². The lowest BCUT2D eigenvalue weighted by atomic mass is 9.74. The van der Waals surface area contributed by atoms with Crippen molar-refractivity contribution in [2.45, 2.75) is 45.3 Å². The Morgan fingerprint density at radius 3 is 2.50 bits per heavy atom. The maximum Gasteiger partial charge on any atom is 0.119 e. The molecule has 2 atom stereocenters. The Balaban J connectivity index is 2.60. The fourth-order valence-electron chi connectivity index (χ4n) is 1.57. The van der Waals surface area contributed by atoms with Crippen LogP contribution in [0.15, 0.2) is 0 Å². The third kappa shape index (κ3) is 1.32. The molecule has 0 amide bonds. The number of aliphatic hydroxyl groups is 1. The maximum atomic E-state index is 11.0. The zero-order valence-corrected chi connectivity index (χ0v) is 6.63. The summed E-state index contributed by atoms with van der Waals surface area (Å²) in [4.78, 5) is 0. The molecule has 1 saturated carbocycles. The molecule has 0 heterocycles. The highest BCUT2D eigenvalue weighted by molar-refractivity contribution is 4.87. The van der Waals surface area contributed by atoms with Gasteiger partial charge in [-0.1, -0.05) is 20.3 Å². The molecule has 10 heavy (non-hydrogen) atoms. The summed E-state index contributed by atoms with van der Waals surface area (Å²) in [5.41, 5.74) is -0.148. The molecule has 0 spiro atoms. The standard InChI is InChI=1S/C8H15O2/c1-8(2)5-3-4-6(9)7(8)10/h6-7,10H,3-5H2,1-2H3. The lowest BCUT2D eigenvalue weighted by Crippen LogP contribution is -2.42. The lowest BCUT2D eigenvalue weighted by Gasteiger charge is -2.37. The molecule has 0 aromatic rings. The van der Waals surface area contributed by atoms with E-state index in [1.54, 1.807) is 0 Å². The van der Waals surface area contributed by atoms with E-state index >= 15 is 0 Å². The minimum absolute atomic E-state index is 0.148. The third-order valence-electron chi connectivity index (χ3n) is 2.46. The molecule has 1 aliphatic rings. The van der Waals surface area contributed by atoms with E-state index in [1.165, 1.54) is 0 Å². The van der Waals surface area contributed by atoms with Gasteiger partial charge in [0.1, 0.15) is 6.10 Å². The molecule has 59 valence electrons. The summed E-state index contributed by atoms with van der Waals surface area (Å²) >= 11 is 0. The van der Waals surface area contributed by atoms with Gasteiger partial charge in [-0.3, -0.25) is 0 Å². The number of rotatable bonds is 0. The summed E-state index contributed by atoms with van der Waals surface area (Å²) in [5, 5.41) is 20.4. The Morgan fingerprint density at radius 1 is 1.50 bits per heavy atom. The minimum Gasteiger partial charge on any atom is -0.390 e. The van der Waals surface area contributed by atoms with Crippen molar-refractivity contribution in [1.29, 1.82) is 0 Å². The van der Waals surface area contributed by atoms with Crippen LogP contribution in [0.2, 0.25) is 0 Å². The van der Waals surface area contributed by atoms with Crippen LogP contribution in [0.1, 0.15) is 33.1 Å². The Kier molecular flexibility index (Phi) is 2.02. The van der Waals surface area contributed by atoms with Crippen molar-refractivity contribution in [3.63, 3.8) is 0 Å². The highest BCUT2D eigenvalue weighted by atomic mass is 16.3. The van der Waals surface area contributed by atoms with Crippen molar-refractivity contribution < 1.29 is 10.2 Å².